The molecule has 2 heterocycles. The van der Waals surface area contributed by atoms with E-state index in [1.54, 1.807) is 6.07 Å². The number of thiophene rings is 1. The molecule has 1 aliphatic rings. The molecule has 1 aromatic rings. The molecule has 2 nitrogen and oxygen atoms in total. The number of hydrogen-bond acceptors (Lipinski definition) is 2. The van der Waals surface area contributed by atoms with Crippen molar-refractivity contribution in [1.82, 2.24) is 4.90 Å². The van der Waals surface area contributed by atoms with Crippen molar-refractivity contribution < 1.29 is 4.79 Å². The van der Waals surface area contributed by atoms with Crippen molar-refractivity contribution in [3.05, 3.63) is 21.3 Å². The van der Waals surface area contributed by atoms with Gasteiger partial charge in [-0.05, 0) is 18.9 Å². The third-order valence-electron chi connectivity index (χ3n) is 2.47. The summed E-state index contributed by atoms with van der Waals surface area (Å²) in [5.74, 6) is 0.0994. The highest BCUT2D eigenvalue weighted by atomic mass is 79.9. The van der Waals surface area contributed by atoms with Crippen LogP contribution in [0.25, 0.3) is 0 Å². The van der Waals surface area contributed by atoms with Crippen molar-refractivity contribution in [3.63, 3.8) is 0 Å². The fourth-order valence-electron chi connectivity index (χ4n) is 1.71. The van der Waals surface area contributed by atoms with Crippen molar-refractivity contribution in [2.45, 2.75) is 17.7 Å². The van der Waals surface area contributed by atoms with Gasteiger partial charge in [-0.2, -0.15) is 0 Å². The zero-order valence-corrected chi connectivity index (χ0v) is 11.2. The summed E-state index contributed by atoms with van der Waals surface area (Å²) in [5.41, 5.74) is 0.714. The number of likely N-dealkylation sites (tertiary alicyclic amines) is 1. The Bertz CT molecular complexity index is 368. The van der Waals surface area contributed by atoms with E-state index >= 15 is 0 Å². The lowest BCUT2D eigenvalue weighted by Gasteiger charge is -2.29. The highest BCUT2D eigenvalue weighted by Crippen LogP contribution is 2.23. The Hall–Kier alpha value is -0.0600. The zero-order valence-electron chi connectivity index (χ0n) is 8.08. The van der Waals surface area contributed by atoms with Crippen LogP contribution in [0.5, 0.6) is 0 Å². The predicted octanol–water partition coefficient (Wildman–Crippen LogP) is 3.40. The van der Waals surface area contributed by atoms with Gasteiger partial charge in [-0.15, -0.1) is 11.3 Å². The van der Waals surface area contributed by atoms with Crippen LogP contribution in [0.2, 0.25) is 4.34 Å². The molecule has 0 bridgehead atoms. The molecule has 82 valence electrons. The van der Waals surface area contributed by atoms with Crippen LogP contribution >= 0.6 is 38.9 Å². The van der Waals surface area contributed by atoms with Crippen LogP contribution in [0.15, 0.2) is 11.4 Å². The lowest BCUT2D eigenvalue weighted by Crippen LogP contribution is -2.40. The molecule has 1 amide bonds. The second kappa shape index (κ2) is 4.85. The zero-order chi connectivity index (χ0) is 10.8. The maximum atomic E-state index is 12.0. The van der Waals surface area contributed by atoms with E-state index in [1.165, 1.54) is 11.3 Å². The van der Waals surface area contributed by atoms with Crippen LogP contribution in [0, 0.1) is 0 Å². The Balaban J connectivity index is 2.07. The molecule has 1 aliphatic heterocycles. The van der Waals surface area contributed by atoms with E-state index in [1.807, 2.05) is 10.3 Å². The number of rotatable bonds is 1. The van der Waals surface area contributed by atoms with Gasteiger partial charge in [0.2, 0.25) is 0 Å². The topological polar surface area (TPSA) is 20.3 Å². The monoisotopic (exact) mass is 307 g/mol. The first-order chi connectivity index (χ1) is 7.16. The normalized spacial score (nSPS) is 21.7. The Kier molecular flexibility index (Phi) is 3.69. The molecule has 0 aliphatic carbocycles. The number of carbonyl (C=O) groups is 1. The van der Waals surface area contributed by atoms with E-state index < -0.39 is 0 Å². The predicted molar refractivity (Wildman–Crippen MR) is 67.2 cm³/mol. The van der Waals surface area contributed by atoms with Crippen LogP contribution in [0.1, 0.15) is 23.2 Å². The summed E-state index contributed by atoms with van der Waals surface area (Å²) in [4.78, 5) is 14.3. The quantitative estimate of drug-likeness (QED) is 0.728. The Morgan fingerprint density at radius 2 is 2.47 bits per heavy atom. The fraction of sp³-hybridized carbons (Fsp3) is 0.500. The summed E-state index contributed by atoms with van der Waals surface area (Å²) >= 11 is 10.8. The van der Waals surface area contributed by atoms with Gasteiger partial charge in [0.15, 0.2) is 0 Å². The van der Waals surface area contributed by atoms with Crippen molar-refractivity contribution in [1.29, 1.82) is 0 Å². The molecule has 0 saturated carbocycles. The Morgan fingerprint density at radius 1 is 1.67 bits per heavy atom. The first-order valence-corrected chi connectivity index (χ1v) is 7.01. The minimum atomic E-state index is 0.0994. The molecule has 15 heavy (non-hydrogen) atoms. The summed E-state index contributed by atoms with van der Waals surface area (Å²) in [5, 5.41) is 1.82. The van der Waals surface area contributed by atoms with Crippen LogP contribution in [-0.2, 0) is 0 Å². The van der Waals surface area contributed by atoms with Gasteiger partial charge in [0.1, 0.15) is 0 Å². The lowest BCUT2D eigenvalue weighted by atomic mass is 10.1. The van der Waals surface area contributed by atoms with E-state index in [-0.39, 0.29) is 5.91 Å². The maximum absolute atomic E-state index is 12.0. The van der Waals surface area contributed by atoms with Crippen molar-refractivity contribution >= 4 is 44.8 Å². The third kappa shape index (κ3) is 2.74. The van der Waals surface area contributed by atoms with E-state index in [4.69, 9.17) is 11.6 Å². The second-order valence-electron chi connectivity index (χ2n) is 3.63. The minimum absolute atomic E-state index is 0.0994. The van der Waals surface area contributed by atoms with Crippen LogP contribution in [0.4, 0.5) is 0 Å². The molecule has 0 spiro atoms. The lowest BCUT2D eigenvalue weighted by molar-refractivity contribution is 0.0730. The van der Waals surface area contributed by atoms with E-state index in [0.29, 0.717) is 14.7 Å². The second-order valence-corrected chi connectivity index (χ2v) is 6.47. The molecule has 0 radical (unpaired) electrons. The van der Waals surface area contributed by atoms with Gasteiger partial charge in [0.25, 0.3) is 5.91 Å². The van der Waals surface area contributed by atoms with Crippen LogP contribution in [-0.4, -0.2) is 28.7 Å². The Labute approximate surface area is 106 Å². The van der Waals surface area contributed by atoms with Crippen molar-refractivity contribution in [3.8, 4) is 0 Å². The highest BCUT2D eigenvalue weighted by molar-refractivity contribution is 9.09. The molecule has 1 saturated heterocycles. The SMILES string of the molecule is O=C(c1csc(Cl)c1)N1CCCC(Br)C1. The average molecular weight is 309 g/mol. The van der Waals surface area contributed by atoms with Gasteiger partial charge in [0, 0.05) is 23.3 Å². The summed E-state index contributed by atoms with van der Waals surface area (Å²) in [6.07, 6.45) is 2.22. The van der Waals surface area contributed by atoms with Gasteiger partial charge < -0.3 is 4.90 Å². The molecule has 0 N–H and O–H groups in total. The summed E-state index contributed by atoms with van der Waals surface area (Å²) in [6.45, 7) is 1.65. The molecular formula is C10H11BrClNOS. The highest BCUT2D eigenvalue weighted by Gasteiger charge is 2.23. The van der Waals surface area contributed by atoms with Gasteiger partial charge in [-0.1, -0.05) is 27.5 Å². The van der Waals surface area contributed by atoms with E-state index in [0.717, 1.165) is 25.9 Å². The number of alkyl halides is 1. The molecular weight excluding hydrogens is 298 g/mol. The number of halogens is 2. The first-order valence-electron chi connectivity index (χ1n) is 4.84. The van der Waals surface area contributed by atoms with Gasteiger partial charge in [0.05, 0.1) is 9.90 Å². The van der Waals surface area contributed by atoms with Gasteiger partial charge in [-0.3, -0.25) is 4.79 Å². The van der Waals surface area contributed by atoms with Crippen LogP contribution < -0.4 is 0 Å². The van der Waals surface area contributed by atoms with E-state index in [9.17, 15) is 4.79 Å². The maximum Gasteiger partial charge on any atom is 0.254 e. The molecule has 1 atom stereocenters. The third-order valence-corrected chi connectivity index (χ3v) is 4.30. The molecule has 2 rings (SSSR count). The number of carbonyl (C=O) groups excluding carboxylic acids is 1. The van der Waals surface area contributed by atoms with Gasteiger partial charge in [-0.25, -0.2) is 0 Å². The number of piperidine rings is 1. The number of amides is 1. The first kappa shape index (κ1) is 11.4. The number of hydrogen-bond donors (Lipinski definition) is 0. The van der Waals surface area contributed by atoms with Crippen molar-refractivity contribution in [2.75, 3.05) is 13.1 Å². The molecule has 5 heteroatoms. The van der Waals surface area contributed by atoms with E-state index in [2.05, 4.69) is 15.9 Å². The van der Waals surface area contributed by atoms with Gasteiger partial charge >= 0.3 is 0 Å². The Morgan fingerprint density at radius 3 is 3.07 bits per heavy atom. The number of nitrogens with zero attached hydrogens (tertiary/aromatic N) is 1. The molecule has 1 aromatic heterocycles. The fourth-order valence-corrected chi connectivity index (χ4v) is 3.24. The largest absolute Gasteiger partial charge is 0.338 e. The van der Waals surface area contributed by atoms with Crippen molar-refractivity contribution in [2.24, 2.45) is 0 Å². The molecule has 0 aromatic carbocycles. The summed E-state index contributed by atoms with van der Waals surface area (Å²) in [6, 6.07) is 1.74. The molecule has 1 fully saturated rings. The summed E-state index contributed by atoms with van der Waals surface area (Å²) < 4.78 is 0.672. The summed E-state index contributed by atoms with van der Waals surface area (Å²) in [7, 11) is 0. The minimum Gasteiger partial charge on any atom is -0.338 e. The van der Waals surface area contributed by atoms with Crippen LogP contribution in [0.3, 0.4) is 0 Å². The molecule has 1 unspecified atom stereocenters. The average Bonchev–Trinajstić information content (AvgIpc) is 2.64. The smallest absolute Gasteiger partial charge is 0.254 e. The standard InChI is InChI=1S/C10H11BrClNOS/c11-8-2-1-3-13(5-8)10(14)7-4-9(12)15-6-7/h4,6,8H,1-3,5H2.